The Hall–Kier alpha value is -1.86. The van der Waals surface area contributed by atoms with Gasteiger partial charge in [0.2, 0.25) is 0 Å². The quantitative estimate of drug-likeness (QED) is 0.501. The Bertz CT molecular complexity index is 223. The van der Waals surface area contributed by atoms with E-state index in [1.54, 1.807) is 0 Å². The van der Waals surface area contributed by atoms with Crippen LogP contribution in [-0.2, 0) is 0 Å². The summed E-state index contributed by atoms with van der Waals surface area (Å²) in [7, 11) is 0. The lowest BCUT2D eigenvalue weighted by atomic mass is 10.3. The zero-order chi connectivity index (χ0) is 10.8. The first-order chi connectivity index (χ1) is 6.63. The van der Waals surface area contributed by atoms with Crippen LogP contribution >= 0.6 is 0 Å². The monoisotopic (exact) mass is 200 g/mol. The molecule has 0 atom stereocenters. The van der Waals surface area contributed by atoms with Crippen LogP contribution in [0.3, 0.4) is 0 Å². The molecule has 0 aromatic heterocycles. The molecular weight excluding hydrogens is 188 g/mol. The molecule has 0 heterocycles. The summed E-state index contributed by atoms with van der Waals surface area (Å²) in [6.45, 7) is 0.796. The highest BCUT2D eigenvalue weighted by Crippen LogP contribution is 1.91. The minimum absolute atomic E-state index is 0.398. The number of nitrogens with two attached hydrogens (primary N) is 2. The van der Waals surface area contributed by atoms with Gasteiger partial charge in [0.05, 0.1) is 13.1 Å². The Balaban J connectivity index is 3.30. The van der Waals surface area contributed by atoms with Crippen molar-refractivity contribution in [3.63, 3.8) is 0 Å². The van der Waals surface area contributed by atoms with Crippen molar-refractivity contribution in [2.45, 2.75) is 12.8 Å². The Morgan fingerprint density at radius 1 is 0.857 bits per heavy atom. The lowest BCUT2D eigenvalue weighted by Gasteiger charge is -1.90. The van der Waals surface area contributed by atoms with E-state index in [0.29, 0.717) is 25.9 Å². The van der Waals surface area contributed by atoms with Crippen molar-refractivity contribution in [2.24, 2.45) is 31.9 Å². The van der Waals surface area contributed by atoms with Gasteiger partial charge in [-0.2, -0.15) is 10.2 Å². The summed E-state index contributed by atoms with van der Waals surface area (Å²) >= 11 is 0. The lowest BCUT2D eigenvalue weighted by Crippen LogP contribution is -2.03. The number of hydrogen-bond acceptors (Lipinski definition) is 4. The van der Waals surface area contributed by atoms with Crippen molar-refractivity contribution in [3.05, 3.63) is 0 Å². The number of nitrogens with zero attached hydrogens (tertiary/aromatic N) is 4. The topological polar surface area (TPSA) is 136 Å². The Kier molecular flexibility index (Phi) is 6.74. The fourth-order valence-electron chi connectivity index (χ4n) is 0.604. The molecule has 0 radical (unpaired) electrons. The van der Waals surface area contributed by atoms with Gasteiger partial charge in [0.1, 0.15) is 0 Å². The summed E-state index contributed by atoms with van der Waals surface area (Å²) in [6, 6.07) is -1.61. The van der Waals surface area contributed by atoms with Crippen LogP contribution in [-0.4, -0.2) is 25.2 Å². The Morgan fingerprint density at radius 2 is 1.21 bits per heavy atom. The predicted molar refractivity (Wildman–Crippen MR) is 47.8 cm³/mol. The van der Waals surface area contributed by atoms with Crippen LogP contribution < -0.4 is 11.5 Å². The molecule has 0 fully saturated rings. The van der Waals surface area contributed by atoms with Crippen LogP contribution in [0.15, 0.2) is 20.5 Å². The second-order valence-corrected chi connectivity index (χ2v) is 2.31. The zero-order valence-electron chi connectivity index (χ0n) is 7.59. The number of amides is 4. The molecule has 8 heteroatoms. The number of unbranched alkanes of at least 4 members (excludes halogenated alkanes) is 1. The maximum Gasteiger partial charge on any atom is 0.356 e. The number of primary amides is 2. The number of rotatable bonds is 5. The summed E-state index contributed by atoms with van der Waals surface area (Å²) in [5, 5.41) is 13.2. The van der Waals surface area contributed by atoms with Gasteiger partial charge in [0, 0.05) is 0 Å². The molecule has 0 bridgehead atoms. The molecule has 0 unspecified atom stereocenters. The summed E-state index contributed by atoms with van der Waals surface area (Å²) in [4.78, 5) is 20.2. The predicted octanol–water partition coefficient (Wildman–Crippen LogP) is 0.828. The standard InChI is InChI=1S/C6H12N6O2/c7-5(13)11-9-3-1-2-4-10-12-6(8)14/h1-4H2,(H2,7,13)(H2,8,14)/b11-9+,12-10?. The van der Waals surface area contributed by atoms with Crippen molar-refractivity contribution < 1.29 is 9.59 Å². The molecule has 0 aromatic carbocycles. The molecule has 14 heavy (non-hydrogen) atoms. The fourth-order valence-corrected chi connectivity index (χ4v) is 0.604. The van der Waals surface area contributed by atoms with Gasteiger partial charge in [-0.1, -0.05) is 10.2 Å². The average molecular weight is 200 g/mol. The van der Waals surface area contributed by atoms with Gasteiger partial charge < -0.3 is 11.5 Å². The number of carbonyl (C=O) groups is 2. The van der Waals surface area contributed by atoms with Crippen molar-refractivity contribution in [2.75, 3.05) is 13.1 Å². The van der Waals surface area contributed by atoms with Gasteiger partial charge in [0.15, 0.2) is 0 Å². The van der Waals surface area contributed by atoms with Crippen molar-refractivity contribution >= 4 is 12.1 Å². The SMILES string of the molecule is NC(=O)N=NCCCC/N=N/C(N)=O. The first-order valence-corrected chi connectivity index (χ1v) is 3.97. The van der Waals surface area contributed by atoms with Crippen molar-refractivity contribution in [1.82, 2.24) is 0 Å². The third-order valence-corrected chi connectivity index (χ3v) is 1.10. The van der Waals surface area contributed by atoms with Crippen LogP contribution in [0.1, 0.15) is 12.8 Å². The molecule has 0 aliphatic heterocycles. The van der Waals surface area contributed by atoms with Crippen LogP contribution in [0.4, 0.5) is 9.59 Å². The van der Waals surface area contributed by atoms with E-state index < -0.39 is 12.1 Å². The highest BCUT2D eigenvalue weighted by Gasteiger charge is 1.88. The molecule has 0 spiro atoms. The highest BCUT2D eigenvalue weighted by molar-refractivity contribution is 5.72. The van der Waals surface area contributed by atoms with Crippen LogP contribution in [0.25, 0.3) is 0 Å². The van der Waals surface area contributed by atoms with Gasteiger partial charge in [-0.15, -0.1) is 0 Å². The summed E-state index contributed by atoms with van der Waals surface area (Å²) < 4.78 is 0. The minimum atomic E-state index is -0.807. The van der Waals surface area contributed by atoms with Gasteiger partial charge in [-0.25, -0.2) is 9.59 Å². The number of carbonyl (C=O) groups excluding carboxylic acids is 2. The van der Waals surface area contributed by atoms with E-state index in [9.17, 15) is 9.59 Å². The van der Waals surface area contributed by atoms with Gasteiger partial charge >= 0.3 is 12.1 Å². The zero-order valence-corrected chi connectivity index (χ0v) is 7.59. The highest BCUT2D eigenvalue weighted by atomic mass is 16.2. The first-order valence-electron chi connectivity index (χ1n) is 3.97. The van der Waals surface area contributed by atoms with Crippen molar-refractivity contribution in [1.29, 1.82) is 0 Å². The molecule has 4 N–H and O–H groups in total. The molecule has 0 saturated heterocycles. The molecular formula is C6H12N6O2. The van der Waals surface area contributed by atoms with Gasteiger partial charge in [-0.05, 0) is 12.8 Å². The van der Waals surface area contributed by atoms with E-state index in [4.69, 9.17) is 11.5 Å². The van der Waals surface area contributed by atoms with Gasteiger partial charge in [0.25, 0.3) is 0 Å². The fraction of sp³-hybridized carbons (Fsp3) is 0.667. The lowest BCUT2D eigenvalue weighted by molar-refractivity contribution is 0.254. The first kappa shape index (κ1) is 12.1. The summed E-state index contributed by atoms with van der Waals surface area (Å²) in [5.74, 6) is 0. The smallest absolute Gasteiger partial charge is 0.348 e. The van der Waals surface area contributed by atoms with E-state index in [0.717, 1.165) is 0 Å². The second-order valence-electron chi connectivity index (χ2n) is 2.31. The molecule has 78 valence electrons. The maximum absolute atomic E-state index is 10.1. The third kappa shape index (κ3) is 10.1. The van der Waals surface area contributed by atoms with Crippen LogP contribution in [0, 0.1) is 0 Å². The van der Waals surface area contributed by atoms with E-state index >= 15 is 0 Å². The molecule has 0 saturated carbocycles. The van der Waals surface area contributed by atoms with E-state index in [-0.39, 0.29) is 0 Å². The molecule has 0 rings (SSSR count). The average Bonchev–Trinajstić information content (AvgIpc) is 2.08. The summed E-state index contributed by atoms with van der Waals surface area (Å²) in [6.07, 6.45) is 1.38. The number of azo groups is 2. The Labute approximate surface area is 80.5 Å². The van der Waals surface area contributed by atoms with Crippen LogP contribution in [0.2, 0.25) is 0 Å². The minimum Gasteiger partial charge on any atom is -0.348 e. The molecule has 0 aliphatic rings. The number of hydrogen-bond donors (Lipinski definition) is 2. The summed E-state index contributed by atoms with van der Waals surface area (Å²) in [5.41, 5.74) is 9.41. The third-order valence-electron chi connectivity index (χ3n) is 1.10. The molecule has 0 aliphatic carbocycles. The molecule has 4 amide bonds. The normalized spacial score (nSPS) is 11.1. The largest absolute Gasteiger partial charge is 0.356 e. The van der Waals surface area contributed by atoms with Crippen LogP contribution in [0.5, 0.6) is 0 Å². The maximum atomic E-state index is 10.1. The second kappa shape index (κ2) is 7.77. The van der Waals surface area contributed by atoms with E-state index in [2.05, 4.69) is 20.5 Å². The molecule has 0 aromatic rings. The van der Waals surface area contributed by atoms with E-state index in [1.165, 1.54) is 0 Å². The molecule has 8 nitrogen and oxygen atoms in total. The van der Waals surface area contributed by atoms with Crippen molar-refractivity contribution in [3.8, 4) is 0 Å². The number of urea groups is 2. The van der Waals surface area contributed by atoms with E-state index in [1.807, 2.05) is 0 Å². The van der Waals surface area contributed by atoms with Gasteiger partial charge in [-0.3, -0.25) is 0 Å². The Morgan fingerprint density at radius 3 is 1.50 bits per heavy atom.